The lowest BCUT2D eigenvalue weighted by Crippen LogP contribution is -2.29. The molecule has 2 aromatic carbocycles. The monoisotopic (exact) mass is 300 g/mol. The first-order valence-corrected chi connectivity index (χ1v) is 8.23. The van der Waals surface area contributed by atoms with E-state index in [1.807, 2.05) is 38.1 Å². The highest BCUT2D eigenvalue weighted by Crippen LogP contribution is 2.34. The smallest absolute Gasteiger partial charge is 0.200 e. The lowest BCUT2D eigenvalue weighted by Gasteiger charge is -2.28. The Balaban J connectivity index is 1.85. The Kier molecular flexibility index (Phi) is 3.29. The van der Waals surface area contributed by atoms with E-state index in [9.17, 15) is 8.42 Å². The van der Waals surface area contributed by atoms with Gasteiger partial charge >= 0.3 is 0 Å². The Morgan fingerprint density at radius 1 is 1.05 bits per heavy atom. The van der Waals surface area contributed by atoms with E-state index in [-0.39, 0.29) is 10.8 Å². The molecule has 0 fully saturated rings. The lowest BCUT2D eigenvalue weighted by atomic mass is 9.77. The minimum absolute atomic E-state index is 0.155. The molecule has 0 heterocycles. The van der Waals surface area contributed by atoms with Crippen molar-refractivity contribution in [3.8, 4) is 0 Å². The van der Waals surface area contributed by atoms with Gasteiger partial charge in [0.1, 0.15) is 0 Å². The van der Waals surface area contributed by atoms with Gasteiger partial charge in [-0.05, 0) is 24.6 Å². The van der Waals surface area contributed by atoms with Crippen LogP contribution in [0.4, 0.5) is 0 Å². The summed E-state index contributed by atoms with van der Waals surface area (Å²) in [5, 5.41) is 4.10. The molecule has 0 aliphatic heterocycles. The zero-order valence-electron chi connectivity index (χ0n) is 11.9. The average Bonchev–Trinajstić information content (AvgIpc) is 2.47. The van der Waals surface area contributed by atoms with E-state index in [0.717, 1.165) is 16.8 Å². The molecule has 0 spiro atoms. The summed E-state index contributed by atoms with van der Waals surface area (Å²) in [5.41, 5.74) is 4.01. The summed E-state index contributed by atoms with van der Waals surface area (Å²) in [5.74, 6) is 0.155. The van der Waals surface area contributed by atoms with E-state index in [2.05, 4.69) is 9.93 Å². The van der Waals surface area contributed by atoms with Gasteiger partial charge in [0.15, 0.2) is 0 Å². The van der Waals surface area contributed by atoms with Crippen molar-refractivity contribution in [2.75, 3.05) is 0 Å². The molecular weight excluding hydrogens is 284 g/mol. The number of hydrogen-bond donors (Lipinski definition) is 1. The van der Waals surface area contributed by atoms with Crippen LogP contribution in [-0.4, -0.2) is 14.1 Å². The Bertz CT molecular complexity index is 808. The summed E-state index contributed by atoms with van der Waals surface area (Å²) < 4.78 is 24.4. The Labute approximate surface area is 124 Å². The molecule has 1 aliphatic rings. The molecule has 108 valence electrons. The second-order valence-corrected chi connectivity index (χ2v) is 6.87. The van der Waals surface area contributed by atoms with Crippen LogP contribution in [0.1, 0.15) is 29.5 Å². The predicted octanol–water partition coefficient (Wildman–Crippen LogP) is 2.79. The molecule has 3 rings (SSSR count). The second-order valence-electron chi connectivity index (χ2n) is 5.21. The molecule has 0 radical (unpaired) electrons. The standard InChI is InChI=1S/C16H16N2O2S/c1-11-7-9-13(10-8-11)21(19,20)18-17-16-12(2)14-5-3-4-6-15(14)16/h3-10,12,18H,1-2H3. The average molecular weight is 300 g/mol. The largest absolute Gasteiger partial charge is 0.276 e. The van der Waals surface area contributed by atoms with Gasteiger partial charge in [-0.2, -0.15) is 18.4 Å². The molecule has 1 N–H and O–H groups in total. The van der Waals surface area contributed by atoms with E-state index in [4.69, 9.17) is 0 Å². The first kappa shape index (κ1) is 13.8. The number of hydrogen-bond acceptors (Lipinski definition) is 3. The van der Waals surface area contributed by atoms with Crippen LogP contribution < -0.4 is 4.83 Å². The summed E-state index contributed by atoms with van der Waals surface area (Å²) in [6.07, 6.45) is 0. The molecule has 0 aromatic heterocycles. The van der Waals surface area contributed by atoms with Gasteiger partial charge in [-0.3, -0.25) is 0 Å². The maximum absolute atomic E-state index is 12.2. The summed E-state index contributed by atoms with van der Waals surface area (Å²) in [6, 6.07) is 14.6. The third-order valence-corrected chi connectivity index (χ3v) is 4.96. The van der Waals surface area contributed by atoms with E-state index in [1.54, 1.807) is 24.3 Å². The van der Waals surface area contributed by atoms with Crippen LogP contribution in [0, 0.1) is 6.92 Å². The summed E-state index contributed by atoms with van der Waals surface area (Å²) in [7, 11) is -3.61. The third kappa shape index (κ3) is 2.45. The summed E-state index contributed by atoms with van der Waals surface area (Å²) >= 11 is 0. The number of benzene rings is 2. The molecule has 0 saturated carbocycles. The van der Waals surface area contributed by atoms with Gasteiger partial charge in [0.05, 0.1) is 10.6 Å². The quantitative estimate of drug-likeness (QED) is 0.886. The van der Waals surface area contributed by atoms with Crippen molar-refractivity contribution in [2.45, 2.75) is 24.7 Å². The van der Waals surface area contributed by atoms with Crippen LogP contribution in [0.2, 0.25) is 0 Å². The van der Waals surface area contributed by atoms with Crippen molar-refractivity contribution in [2.24, 2.45) is 5.10 Å². The van der Waals surface area contributed by atoms with Gasteiger partial charge in [-0.1, -0.05) is 48.9 Å². The van der Waals surface area contributed by atoms with E-state index in [1.165, 1.54) is 5.56 Å². The fourth-order valence-corrected chi connectivity index (χ4v) is 3.27. The SMILES string of the molecule is Cc1ccc(S(=O)(=O)NN=C2c3ccccc3C2C)cc1. The van der Waals surface area contributed by atoms with Crippen LogP contribution in [0.3, 0.4) is 0 Å². The van der Waals surface area contributed by atoms with Crippen LogP contribution in [-0.2, 0) is 10.0 Å². The number of hydrazone groups is 1. The minimum atomic E-state index is -3.61. The Morgan fingerprint density at radius 3 is 2.43 bits per heavy atom. The number of aryl methyl sites for hydroxylation is 1. The lowest BCUT2D eigenvalue weighted by molar-refractivity contribution is 0.584. The molecule has 0 bridgehead atoms. The fraction of sp³-hybridized carbons (Fsp3) is 0.188. The van der Waals surface area contributed by atoms with Crippen molar-refractivity contribution < 1.29 is 8.42 Å². The van der Waals surface area contributed by atoms with Gasteiger partial charge in [-0.15, -0.1) is 0 Å². The number of nitrogens with zero attached hydrogens (tertiary/aromatic N) is 1. The van der Waals surface area contributed by atoms with Gasteiger partial charge in [0.2, 0.25) is 0 Å². The molecule has 1 atom stereocenters. The summed E-state index contributed by atoms with van der Waals surface area (Å²) in [4.78, 5) is 2.55. The molecule has 1 unspecified atom stereocenters. The van der Waals surface area contributed by atoms with E-state index >= 15 is 0 Å². The van der Waals surface area contributed by atoms with Crippen LogP contribution >= 0.6 is 0 Å². The highest BCUT2D eigenvalue weighted by atomic mass is 32.2. The maximum atomic E-state index is 12.2. The highest BCUT2D eigenvalue weighted by Gasteiger charge is 2.30. The zero-order chi connectivity index (χ0) is 15.0. The van der Waals surface area contributed by atoms with Crippen molar-refractivity contribution in [1.29, 1.82) is 0 Å². The molecule has 2 aromatic rings. The molecule has 5 heteroatoms. The van der Waals surface area contributed by atoms with Crippen LogP contribution in [0.5, 0.6) is 0 Å². The fourth-order valence-electron chi connectivity index (χ4n) is 2.45. The summed E-state index contributed by atoms with van der Waals surface area (Å²) in [6.45, 7) is 3.93. The van der Waals surface area contributed by atoms with Crippen molar-refractivity contribution in [3.05, 3.63) is 65.2 Å². The Morgan fingerprint density at radius 2 is 1.71 bits per heavy atom. The van der Waals surface area contributed by atoms with E-state index in [0.29, 0.717) is 0 Å². The van der Waals surface area contributed by atoms with Gasteiger partial charge in [0, 0.05) is 11.5 Å². The Hall–Kier alpha value is -2.14. The number of sulfonamides is 1. The van der Waals surface area contributed by atoms with Gasteiger partial charge < -0.3 is 0 Å². The van der Waals surface area contributed by atoms with E-state index < -0.39 is 10.0 Å². The molecule has 1 aliphatic carbocycles. The molecule has 0 amide bonds. The molecular formula is C16H16N2O2S. The first-order valence-electron chi connectivity index (χ1n) is 6.74. The normalized spacial score (nSPS) is 19.0. The third-order valence-electron chi connectivity index (χ3n) is 3.73. The van der Waals surface area contributed by atoms with Crippen LogP contribution in [0.15, 0.2) is 58.5 Å². The zero-order valence-corrected chi connectivity index (χ0v) is 12.7. The van der Waals surface area contributed by atoms with Gasteiger partial charge in [-0.25, -0.2) is 0 Å². The van der Waals surface area contributed by atoms with Crippen LogP contribution in [0.25, 0.3) is 0 Å². The minimum Gasteiger partial charge on any atom is -0.200 e. The van der Waals surface area contributed by atoms with Crippen molar-refractivity contribution in [1.82, 2.24) is 4.83 Å². The first-order chi connectivity index (χ1) is 9.99. The number of fused-ring (bicyclic) bond motifs is 1. The van der Waals surface area contributed by atoms with Crippen molar-refractivity contribution in [3.63, 3.8) is 0 Å². The topological polar surface area (TPSA) is 58.5 Å². The van der Waals surface area contributed by atoms with Gasteiger partial charge in [0.25, 0.3) is 10.0 Å². The highest BCUT2D eigenvalue weighted by molar-refractivity contribution is 7.89. The maximum Gasteiger partial charge on any atom is 0.276 e. The molecule has 4 nitrogen and oxygen atoms in total. The van der Waals surface area contributed by atoms with Crippen molar-refractivity contribution >= 4 is 15.7 Å². The molecule has 21 heavy (non-hydrogen) atoms. The number of nitrogens with one attached hydrogen (secondary N) is 1. The number of rotatable bonds is 3. The predicted molar refractivity (Wildman–Crippen MR) is 82.9 cm³/mol. The second kappa shape index (κ2) is 5.00. The molecule has 0 saturated heterocycles.